The zero-order valence-electron chi connectivity index (χ0n) is 70.1. The summed E-state index contributed by atoms with van der Waals surface area (Å²) in [5, 5.41) is 23.7. The van der Waals surface area contributed by atoms with E-state index in [2.05, 4.69) is 99.9 Å². The van der Waals surface area contributed by atoms with Gasteiger partial charge in [-0.3, -0.25) is 38.4 Å². The highest BCUT2D eigenvalue weighted by atomic mass is 19.4. The van der Waals surface area contributed by atoms with Crippen LogP contribution in [0.5, 0.6) is 52.3 Å². The molecule has 13 aromatic rings. The van der Waals surface area contributed by atoms with E-state index in [1.165, 1.54) is 95.5 Å². The first kappa shape index (κ1) is 93.4. The fraction of sp³-hybridized carbons (Fsp3) is 0.151. The molecule has 13 rings (SSSR count). The quantitative estimate of drug-likeness (QED) is 0.0231. The number of halogens is 3. The van der Waals surface area contributed by atoms with E-state index < -0.39 is 41.3 Å². The molecule has 4 aromatic heterocycles. The highest BCUT2D eigenvalue weighted by Crippen LogP contribution is 2.36. The summed E-state index contributed by atoms with van der Waals surface area (Å²) < 4.78 is 72.2. The molecule has 9 aromatic carbocycles. The molecule has 0 aliphatic heterocycles. The van der Waals surface area contributed by atoms with Gasteiger partial charge in [0.1, 0.15) is 89.0 Å². The van der Waals surface area contributed by atoms with Gasteiger partial charge in [0, 0.05) is 69.0 Å². The first-order chi connectivity index (χ1) is 61.3. The average Bonchev–Trinajstić information content (AvgIpc) is 0.823. The van der Waals surface area contributed by atoms with Crippen molar-refractivity contribution < 1.29 is 84.7 Å². The molecule has 0 unspecified atom stereocenters. The van der Waals surface area contributed by atoms with Gasteiger partial charge in [0.15, 0.2) is 0 Å². The van der Waals surface area contributed by atoms with Crippen LogP contribution in [-0.4, -0.2) is 106 Å². The van der Waals surface area contributed by atoms with Gasteiger partial charge in [-0.15, -0.1) is 0 Å². The Hall–Kier alpha value is -16.9. The second-order valence-corrected chi connectivity index (χ2v) is 28.4. The van der Waals surface area contributed by atoms with Gasteiger partial charge >= 0.3 is 12.3 Å². The Morgan fingerprint density at radius 1 is 0.344 bits per heavy atom. The van der Waals surface area contributed by atoms with Crippen LogP contribution in [0.3, 0.4) is 0 Å². The van der Waals surface area contributed by atoms with Crippen LogP contribution in [0.2, 0.25) is 0 Å². The largest absolute Gasteiger partial charge is 0.497 e. The fourth-order valence-corrected chi connectivity index (χ4v) is 11.3. The van der Waals surface area contributed by atoms with Crippen molar-refractivity contribution in [3.63, 3.8) is 0 Å². The summed E-state index contributed by atoms with van der Waals surface area (Å²) in [6, 6.07) is 71.0. The van der Waals surface area contributed by atoms with Gasteiger partial charge in [0.05, 0.1) is 37.6 Å². The number of amides is 9. The van der Waals surface area contributed by atoms with Crippen molar-refractivity contribution >= 4 is 99.4 Å². The van der Waals surface area contributed by atoms with Gasteiger partial charge in [-0.25, -0.2) is 44.7 Å². The van der Waals surface area contributed by atoms with E-state index in [0.29, 0.717) is 80.4 Å². The van der Waals surface area contributed by atoms with Crippen LogP contribution < -0.4 is 71.5 Å². The molecule has 0 aliphatic carbocycles. The summed E-state index contributed by atoms with van der Waals surface area (Å²) in [6.45, 7) is 10.8. The molecule has 0 radical (unpaired) electrons. The standard InChI is InChI=1S/C26H22N4O3.C25H27N5O5.C21H17F3N4O3.C21H20N4O4/c1-18(31)29-24-16-26(28-17-27-24)33-23-13-11-22(12-14-23)30-25(32)15-19-7-9-21(10-8-19)20-5-3-2-4-6-20;1-16(31)28-20-14-21(27-15-26-20)34-19-12-10-18(11-13-19)29-23(32)22(17-8-6-5-7-9-17)30-24(33)35-25(2,3)4;1-13(29)27-18-11-20(26-12-25-18)31-15-8-6-14(7-9-15)10-19(30)28-17-5-3-2-4-16(17)21(22,23)24;1-14(26)24-19-12-21(23-13-22-19)29-18-9-5-16(6-10-18)25-20(27)11-15-3-7-17(28-2)8-4-15/h2-14,16-17H,15H2,1H3,(H,30,32)(H,27,28,29,31);5-15,22H,1-4H3,(H,29,32)(H,30,33)(H,26,27,28,31);2-9,11-12H,10H2,1H3,(H,28,30)(H,25,26,27,29);3-10,12-13H,11H2,1-2H3,(H,25,27)(H,22,23,24,26)/t;22-;;/m.1../s1. The summed E-state index contributed by atoms with van der Waals surface area (Å²) in [7, 11) is 1.60. The number of nitrogens with zero attached hydrogens (tertiary/aromatic N) is 8. The molecule has 0 saturated heterocycles. The molecular weight excluding hydrogens is 1650 g/mol. The maximum atomic E-state index is 13.1. The minimum Gasteiger partial charge on any atom is -0.497 e. The second kappa shape index (κ2) is 45.8. The Labute approximate surface area is 732 Å². The number of alkyl halides is 3. The Kier molecular flexibility index (Phi) is 33.4. The maximum absolute atomic E-state index is 13.1. The molecule has 0 aliphatic rings. The van der Waals surface area contributed by atoms with Crippen molar-refractivity contribution in [2.45, 2.75) is 85.5 Å². The number of para-hydroxylation sites is 1. The third-order valence-corrected chi connectivity index (χ3v) is 16.9. The molecule has 0 saturated carbocycles. The van der Waals surface area contributed by atoms with Gasteiger partial charge in [-0.05, 0) is 163 Å². The number of carbonyl (C=O) groups excluding carboxylic acids is 9. The summed E-state index contributed by atoms with van der Waals surface area (Å²) in [6.07, 6.45) is 0.268. The van der Waals surface area contributed by atoms with Crippen molar-refractivity contribution in [1.82, 2.24) is 45.2 Å². The van der Waals surface area contributed by atoms with Crippen LogP contribution in [0, 0.1) is 0 Å². The topological polar surface area (TPSA) is 420 Å². The van der Waals surface area contributed by atoms with Crippen molar-refractivity contribution in [3.8, 4) is 63.4 Å². The first-order valence-corrected chi connectivity index (χ1v) is 39.0. The second-order valence-electron chi connectivity index (χ2n) is 28.4. The molecule has 32 nitrogen and oxygen atoms in total. The molecular formula is C93H86F3N17O15. The number of alkyl carbamates (subject to hydrolysis) is 1. The Bertz CT molecular complexity index is 5950. The van der Waals surface area contributed by atoms with Crippen LogP contribution in [-0.2, 0) is 68.5 Å². The molecule has 9 amide bonds. The lowest BCUT2D eigenvalue weighted by Crippen LogP contribution is -2.40. The van der Waals surface area contributed by atoms with Crippen LogP contribution in [0.25, 0.3) is 11.1 Å². The van der Waals surface area contributed by atoms with Gasteiger partial charge in [-0.1, -0.05) is 121 Å². The molecule has 0 fully saturated rings. The number of nitrogens with one attached hydrogen (secondary N) is 9. The van der Waals surface area contributed by atoms with Crippen molar-refractivity contribution in [2.24, 2.45) is 0 Å². The van der Waals surface area contributed by atoms with Crippen molar-refractivity contribution in [1.29, 1.82) is 0 Å². The first-order valence-electron chi connectivity index (χ1n) is 39.0. The predicted octanol–water partition coefficient (Wildman–Crippen LogP) is 17.4. The Morgan fingerprint density at radius 3 is 1.01 bits per heavy atom. The Morgan fingerprint density at radius 2 is 0.656 bits per heavy atom. The number of methoxy groups -OCH3 is 1. The number of anilines is 8. The lowest BCUT2D eigenvalue weighted by Gasteiger charge is -2.23. The number of ether oxygens (including phenoxy) is 6. The average molecular weight is 1740 g/mol. The minimum absolute atomic E-state index is 0.105. The van der Waals surface area contributed by atoms with E-state index in [0.717, 1.165) is 34.1 Å². The summed E-state index contributed by atoms with van der Waals surface area (Å²) >= 11 is 0. The molecule has 35 heteroatoms. The van der Waals surface area contributed by atoms with Crippen molar-refractivity contribution in [3.05, 3.63) is 308 Å². The van der Waals surface area contributed by atoms with Gasteiger partial charge < -0.3 is 76.3 Å². The molecule has 1 atom stereocenters. The molecule has 128 heavy (non-hydrogen) atoms. The summed E-state index contributed by atoms with van der Waals surface area (Å²) in [5.74, 6) is 2.77. The van der Waals surface area contributed by atoms with Crippen LogP contribution >= 0.6 is 0 Å². The van der Waals surface area contributed by atoms with Gasteiger partial charge in [0.2, 0.25) is 64.9 Å². The normalized spacial score (nSPS) is 10.8. The third-order valence-electron chi connectivity index (χ3n) is 16.9. The minimum atomic E-state index is -4.57. The summed E-state index contributed by atoms with van der Waals surface area (Å²) in [5.41, 5.74) is 5.17. The number of hydrogen-bond acceptors (Lipinski definition) is 23. The monoisotopic (exact) mass is 1740 g/mol. The van der Waals surface area contributed by atoms with Crippen LogP contribution in [0.15, 0.2) is 280 Å². The number of rotatable bonds is 27. The van der Waals surface area contributed by atoms with E-state index in [-0.39, 0.29) is 78.0 Å². The smallest absolute Gasteiger partial charge is 0.418 e. The van der Waals surface area contributed by atoms with E-state index in [4.69, 9.17) is 28.4 Å². The fourth-order valence-electron chi connectivity index (χ4n) is 11.3. The zero-order valence-corrected chi connectivity index (χ0v) is 70.1. The third kappa shape index (κ3) is 32.2. The maximum Gasteiger partial charge on any atom is 0.418 e. The van der Waals surface area contributed by atoms with Crippen LogP contribution in [0.1, 0.15) is 82.3 Å². The van der Waals surface area contributed by atoms with E-state index >= 15 is 0 Å². The SMILES string of the molecule is CC(=O)Nc1cc(Oc2ccc(CC(=O)Nc3ccccc3C(F)(F)F)cc2)ncn1.CC(=O)Nc1cc(Oc2ccc(NC(=O)Cc3ccc(-c4ccccc4)cc3)cc2)ncn1.CC(=O)Nc1cc(Oc2ccc(NC(=O)[C@H](NC(=O)OC(C)(C)C)c3ccccc3)cc2)ncn1.COc1ccc(CC(=O)Nc2ccc(Oc3cc(NC(C)=O)ncn3)cc2)cc1. The highest BCUT2D eigenvalue weighted by Gasteiger charge is 2.34. The van der Waals surface area contributed by atoms with Gasteiger partial charge in [0.25, 0.3) is 5.91 Å². The molecule has 0 bridgehead atoms. The van der Waals surface area contributed by atoms with E-state index in [1.54, 1.807) is 149 Å². The van der Waals surface area contributed by atoms with E-state index in [9.17, 15) is 56.3 Å². The highest BCUT2D eigenvalue weighted by molar-refractivity contribution is 5.98. The predicted molar refractivity (Wildman–Crippen MR) is 472 cm³/mol. The number of hydrogen-bond donors (Lipinski definition) is 9. The summed E-state index contributed by atoms with van der Waals surface area (Å²) in [4.78, 5) is 138. The van der Waals surface area contributed by atoms with Crippen LogP contribution in [0.4, 0.5) is 64.0 Å². The van der Waals surface area contributed by atoms with Crippen molar-refractivity contribution in [2.75, 3.05) is 49.6 Å². The molecule has 9 N–H and O–H groups in total. The molecule has 4 heterocycles. The number of carbonyl (C=O) groups is 9. The Balaban J connectivity index is 0.000000178. The molecule has 654 valence electrons. The van der Waals surface area contributed by atoms with Gasteiger partial charge in [-0.2, -0.15) is 13.2 Å². The van der Waals surface area contributed by atoms with E-state index in [1.807, 2.05) is 72.8 Å². The lowest BCUT2D eigenvalue weighted by molar-refractivity contribution is -0.137. The number of benzene rings is 9. The zero-order chi connectivity index (χ0) is 91.5. The molecule has 0 spiro atoms. The number of aromatic nitrogens is 8. The lowest BCUT2D eigenvalue weighted by atomic mass is 10.0.